The average molecular weight is 817 g/mol. The van der Waals surface area contributed by atoms with E-state index in [1.807, 2.05) is 74.9 Å². The van der Waals surface area contributed by atoms with E-state index in [9.17, 15) is 14.7 Å². The predicted octanol–water partition coefficient (Wildman–Crippen LogP) is 10.8. The molecule has 0 aliphatic heterocycles. The van der Waals surface area contributed by atoms with Crippen LogP contribution in [-0.4, -0.2) is 42.9 Å². The number of ether oxygens (including phenoxy) is 1. The molecular formula is C50H64N4O4S. The van der Waals surface area contributed by atoms with E-state index in [1.165, 1.54) is 11.8 Å². The summed E-state index contributed by atoms with van der Waals surface area (Å²) in [6, 6.07) is 8.99. The van der Waals surface area contributed by atoms with Crippen molar-refractivity contribution in [2.45, 2.75) is 126 Å². The minimum absolute atomic E-state index is 0.0710. The van der Waals surface area contributed by atoms with Crippen LogP contribution in [0.5, 0.6) is 0 Å². The minimum Gasteiger partial charge on any atom is -0.476 e. The second kappa shape index (κ2) is 17.1. The van der Waals surface area contributed by atoms with Crippen molar-refractivity contribution in [3.05, 3.63) is 123 Å². The molecular weight excluding hydrogens is 753 g/mol. The molecule has 3 unspecified atom stereocenters. The number of nitrogens with one attached hydrogen (secondary N) is 1. The van der Waals surface area contributed by atoms with Crippen LogP contribution in [0.3, 0.4) is 0 Å². The molecule has 8 nitrogen and oxygen atoms in total. The Kier molecular flexibility index (Phi) is 13.1. The molecule has 3 aromatic rings. The molecule has 2 saturated carbocycles. The highest BCUT2D eigenvalue weighted by atomic mass is 32.2. The van der Waals surface area contributed by atoms with Crippen LogP contribution < -0.4 is 15.8 Å². The van der Waals surface area contributed by atoms with E-state index in [-0.39, 0.29) is 39.0 Å². The largest absolute Gasteiger partial charge is 0.476 e. The van der Waals surface area contributed by atoms with Crippen molar-refractivity contribution < 1.29 is 19.4 Å². The van der Waals surface area contributed by atoms with Gasteiger partial charge < -0.3 is 15.2 Å². The van der Waals surface area contributed by atoms with Gasteiger partial charge in [-0.1, -0.05) is 95.1 Å². The lowest BCUT2D eigenvalue weighted by molar-refractivity contribution is -0.232. The molecule has 0 radical (unpaired) electrons. The van der Waals surface area contributed by atoms with Gasteiger partial charge in [0.05, 0.1) is 28.1 Å². The maximum Gasteiger partial charge on any atom is 0.355 e. The van der Waals surface area contributed by atoms with E-state index in [1.54, 1.807) is 24.4 Å². The van der Waals surface area contributed by atoms with Crippen molar-refractivity contribution in [2.24, 2.45) is 16.2 Å². The Hall–Kier alpha value is -4.73. The van der Waals surface area contributed by atoms with E-state index in [0.717, 1.165) is 53.8 Å². The van der Waals surface area contributed by atoms with Crippen molar-refractivity contribution in [3.63, 3.8) is 0 Å². The highest BCUT2D eigenvalue weighted by Crippen LogP contribution is 2.64. The van der Waals surface area contributed by atoms with Crippen molar-refractivity contribution in [2.75, 3.05) is 0 Å². The first-order chi connectivity index (χ1) is 27.4. The Balaban J connectivity index is 1.45. The van der Waals surface area contributed by atoms with Gasteiger partial charge in [0, 0.05) is 33.8 Å². The monoisotopic (exact) mass is 816 g/mol. The number of aromatic carboxylic acids is 1. The van der Waals surface area contributed by atoms with Gasteiger partial charge in [0.1, 0.15) is 0 Å². The van der Waals surface area contributed by atoms with Crippen LogP contribution in [-0.2, 0) is 11.3 Å². The maximum absolute atomic E-state index is 13.7. The number of carboxylic acid groups (broad SMARTS) is 1. The first-order valence-electron chi connectivity index (χ1n) is 20.5. The molecule has 2 heterocycles. The van der Waals surface area contributed by atoms with Crippen molar-refractivity contribution in [1.82, 2.24) is 20.1 Å². The maximum atomic E-state index is 13.7. The van der Waals surface area contributed by atoms with Gasteiger partial charge in [0.25, 0.3) is 5.91 Å². The molecule has 1 aromatic carbocycles. The summed E-state index contributed by atoms with van der Waals surface area (Å²) in [5, 5.41) is 20.1. The van der Waals surface area contributed by atoms with Crippen LogP contribution in [0.4, 0.5) is 0 Å². The van der Waals surface area contributed by atoms with Gasteiger partial charge in [-0.15, -0.1) is 0 Å². The van der Waals surface area contributed by atoms with E-state index in [2.05, 4.69) is 73.5 Å². The molecule has 2 N–H and O–H groups in total. The summed E-state index contributed by atoms with van der Waals surface area (Å²) in [6.07, 6.45) is 16.1. The summed E-state index contributed by atoms with van der Waals surface area (Å²) in [5.41, 5.74) is 4.38. The second-order valence-electron chi connectivity index (χ2n) is 19.5. The normalized spacial score (nSPS) is 23.2. The summed E-state index contributed by atoms with van der Waals surface area (Å²) in [5.74, 6) is -1.47. The number of carbonyl (C=O) groups excluding carboxylic acids is 1. The summed E-state index contributed by atoms with van der Waals surface area (Å²) in [6.45, 7) is 36.6. The number of pyridine rings is 1. The number of hydrogen-bond acceptors (Lipinski definition) is 6. The summed E-state index contributed by atoms with van der Waals surface area (Å²) in [4.78, 5) is 32.3. The van der Waals surface area contributed by atoms with E-state index in [0.29, 0.717) is 44.4 Å². The fourth-order valence-electron chi connectivity index (χ4n) is 10.5. The fourth-order valence-corrected chi connectivity index (χ4v) is 11.2. The predicted molar refractivity (Wildman–Crippen MR) is 245 cm³/mol. The summed E-state index contributed by atoms with van der Waals surface area (Å²) < 4.78 is 9.07. The third kappa shape index (κ3) is 10.7. The molecule has 1 amide bonds. The number of amides is 1. The number of hydrogen-bond donors (Lipinski definition) is 2. The third-order valence-corrected chi connectivity index (χ3v) is 12.4. The van der Waals surface area contributed by atoms with Crippen LogP contribution in [0.1, 0.15) is 134 Å². The molecule has 59 heavy (non-hydrogen) atoms. The van der Waals surface area contributed by atoms with Gasteiger partial charge >= 0.3 is 5.97 Å². The van der Waals surface area contributed by atoms with Crippen LogP contribution in [0.15, 0.2) is 89.5 Å². The number of allylic oxidation sites excluding steroid dienone is 6. The number of fused-ring (bicyclic) bond motifs is 2. The third-order valence-electron chi connectivity index (χ3n) is 11.3. The van der Waals surface area contributed by atoms with E-state index in [4.69, 9.17) is 14.8 Å². The first kappa shape index (κ1) is 45.4. The zero-order valence-corrected chi connectivity index (χ0v) is 38.0. The van der Waals surface area contributed by atoms with Gasteiger partial charge in [-0.25, -0.2) is 9.78 Å². The van der Waals surface area contributed by atoms with Crippen LogP contribution in [0.25, 0.3) is 29.4 Å². The van der Waals surface area contributed by atoms with Gasteiger partial charge in [-0.05, 0) is 143 Å². The summed E-state index contributed by atoms with van der Waals surface area (Å²) >= 11 is 1.36. The lowest BCUT2D eigenvalue weighted by Gasteiger charge is -2.62. The molecule has 0 spiro atoms. The second-order valence-corrected chi connectivity index (χ2v) is 20.6. The van der Waals surface area contributed by atoms with Crippen molar-refractivity contribution >= 4 is 41.9 Å². The number of nitrogens with zero attached hydrogens (tertiary/aromatic N) is 3. The number of carbonyl (C=O) groups is 2. The van der Waals surface area contributed by atoms with Crippen LogP contribution in [0, 0.1) is 23.2 Å². The van der Waals surface area contributed by atoms with Crippen LogP contribution in [0.2, 0.25) is 0 Å². The molecule has 3 atom stereocenters. The Morgan fingerprint density at radius 2 is 1.75 bits per heavy atom. The van der Waals surface area contributed by atoms with Gasteiger partial charge in [-0.3, -0.25) is 9.48 Å². The Labute approximate surface area is 356 Å². The quantitative estimate of drug-likeness (QED) is 0.165. The highest BCUT2D eigenvalue weighted by Gasteiger charge is 2.59. The van der Waals surface area contributed by atoms with E-state index < -0.39 is 5.97 Å². The van der Waals surface area contributed by atoms with Gasteiger partial charge in [-0.2, -0.15) is 5.10 Å². The Morgan fingerprint density at radius 1 is 1.03 bits per heavy atom. The average Bonchev–Trinajstić information content (AvgIpc) is 3.44. The number of thioether (sulfide) groups is 1. The zero-order valence-electron chi connectivity index (χ0n) is 37.1. The first-order valence-corrected chi connectivity index (χ1v) is 21.3. The topological polar surface area (TPSA) is 106 Å². The van der Waals surface area contributed by atoms with Crippen molar-refractivity contribution in [1.29, 1.82) is 0 Å². The highest BCUT2D eigenvalue weighted by molar-refractivity contribution is 8.06. The lowest BCUT2D eigenvalue weighted by Crippen LogP contribution is -2.58. The molecule has 5 rings (SSSR count). The lowest BCUT2D eigenvalue weighted by atomic mass is 9.48. The van der Waals surface area contributed by atoms with Crippen molar-refractivity contribution in [3.8, 4) is 11.1 Å². The Morgan fingerprint density at radius 3 is 2.37 bits per heavy atom. The molecule has 2 bridgehead atoms. The molecule has 2 aliphatic rings. The molecule has 9 heteroatoms. The molecule has 2 aliphatic carbocycles. The number of rotatable bonds is 13. The standard InChI is InChI=1S/C50H64N4O4S/c1-15-17-21-42(32(3)4)59-35(7)52-44(55)38-20-18-19-33(5)39(38)24-36(16-2)41-23-22-37(43(53-41)45(56)57)40-25-51-54(34(40)6)31-49(14)28-48(13)26-47(11,12)27-50(29-48,30-49)58-46(8,9)10/h15-25H,1,5,7,26-31H2,2-4,6,8-14H3,(H,52,55)(H,56,57)/b21-17-,36-16+,39-24+. The van der Waals surface area contributed by atoms with E-state index >= 15 is 0 Å². The van der Waals surface area contributed by atoms with Crippen LogP contribution >= 0.6 is 11.8 Å². The Bertz CT molecular complexity index is 2360. The van der Waals surface area contributed by atoms with Gasteiger partial charge in [0.2, 0.25) is 0 Å². The number of benzene rings is 1. The minimum atomic E-state index is -1.14. The van der Waals surface area contributed by atoms with Gasteiger partial charge in [0.15, 0.2) is 5.69 Å². The molecule has 2 aromatic heterocycles. The molecule has 0 saturated heterocycles. The number of aromatic nitrogens is 3. The number of carboxylic acids is 1. The molecule has 314 valence electrons. The fraction of sp³-hybridized carbons (Fsp3) is 0.440. The molecule has 2 fully saturated rings. The zero-order chi connectivity index (χ0) is 43.7. The smallest absolute Gasteiger partial charge is 0.355 e. The SMILES string of the molecule is C=C/C=C\C(SC(=C)NC(=O)c1cccc(=C)/c1=C\C(=C/C)c1ccc(-c2cnn(CC3(C)CC4(C)CC(C)(C)CC(OC(C)(C)C)(C3)C4)c2C)c(C(=O)O)n1)=C(C)C. The summed E-state index contributed by atoms with van der Waals surface area (Å²) in [7, 11) is 0.